The number of amides is 1. The van der Waals surface area contributed by atoms with Crippen LogP contribution in [0, 0.1) is 0 Å². The van der Waals surface area contributed by atoms with Gasteiger partial charge in [0.15, 0.2) is 11.0 Å². The van der Waals surface area contributed by atoms with Crippen molar-refractivity contribution in [2.24, 2.45) is 0 Å². The van der Waals surface area contributed by atoms with Gasteiger partial charge in [0.2, 0.25) is 5.91 Å². The van der Waals surface area contributed by atoms with Crippen LogP contribution in [-0.2, 0) is 11.4 Å². The molecule has 0 atom stereocenters. The molecule has 0 fully saturated rings. The number of carbonyl (C=O) groups is 1. The smallest absolute Gasteiger partial charge is 0.234 e. The lowest BCUT2D eigenvalue weighted by Gasteiger charge is -2.11. The average Bonchev–Trinajstić information content (AvgIpc) is 3.23. The monoisotopic (exact) mass is 572 g/mol. The molecule has 0 radical (unpaired) electrons. The molecule has 0 aliphatic rings. The van der Waals surface area contributed by atoms with Crippen LogP contribution in [0.3, 0.4) is 0 Å². The molecule has 0 aliphatic carbocycles. The van der Waals surface area contributed by atoms with Crippen LogP contribution in [0.1, 0.15) is 5.82 Å². The zero-order valence-electron chi connectivity index (χ0n) is 16.7. The quantitative estimate of drug-likeness (QED) is 0.258. The van der Waals surface area contributed by atoms with Gasteiger partial charge in [0.05, 0.1) is 11.4 Å². The van der Waals surface area contributed by atoms with E-state index in [1.807, 2.05) is 83.4 Å². The third-order valence-corrected chi connectivity index (χ3v) is 6.47. The molecular weight excluding hydrogens is 556 g/mol. The lowest BCUT2D eigenvalue weighted by Crippen LogP contribution is -2.15. The minimum atomic E-state index is -0.140. The second-order valence-corrected chi connectivity index (χ2v) is 9.35. The SMILES string of the molecule is O=C(CSc1nnc(COc2ccccc2)n1-c1ccccc1)Nc1cc(Br)ccc1Br. The molecule has 0 saturated carbocycles. The van der Waals surface area contributed by atoms with E-state index in [1.165, 1.54) is 11.8 Å². The summed E-state index contributed by atoms with van der Waals surface area (Å²) >= 11 is 8.19. The Balaban J connectivity index is 1.49. The molecule has 0 saturated heterocycles. The van der Waals surface area contributed by atoms with Gasteiger partial charge in [-0.3, -0.25) is 9.36 Å². The second-order valence-electron chi connectivity index (χ2n) is 6.63. The molecule has 4 rings (SSSR count). The fraction of sp³-hybridized carbons (Fsp3) is 0.0870. The van der Waals surface area contributed by atoms with Crippen LogP contribution in [0.4, 0.5) is 5.69 Å². The molecule has 0 unspecified atom stereocenters. The van der Waals surface area contributed by atoms with E-state index in [0.29, 0.717) is 16.7 Å². The molecule has 6 nitrogen and oxygen atoms in total. The maximum absolute atomic E-state index is 12.6. The van der Waals surface area contributed by atoms with Crippen molar-refractivity contribution in [1.29, 1.82) is 0 Å². The number of nitrogens with one attached hydrogen (secondary N) is 1. The summed E-state index contributed by atoms with van der Waals surface area (Å²) in [5.41, 5.74) is 1.60. The summed E-state index contributed by atoms with van der Waals surface area (Å²) in [5, 5.41) is 12.2. The number of rotatable bonds is 8. The number of aromatic nitrogens is 3. The molecule has 1 amide bonds. The van der Waals surface area contributed by atoms with Crippen LogP contribution in [0.25, 0.3) is 5.69 Å². The van der Waals surface area contributed by atoms with Crippen molar-refractivity contribution in [3.05, 3.63) is 93.6 Å². The Kier molecular flexibility index (Phi) is 7.62. The molecule has 3 aromatic carbocycles. The molecular formula is C23H18Br2N4O2S. The number of hydrogen-bond acceptors (Lipinski definition) is 5. The van der Waals surface area contributed by atoms with E-state index in [-0.39, 0.29) is 18.3 Å². The number of para-hydroxylation sites is 2. The predicted molar refractivity (Wildman–Crippen MR) is 133 cm³/mol. The van der Waals surface area contributed by atoms with Gasteiger partial charge in [-0.15, -0.1) is 10.2 Å². The molecule has 9 heteroatoms. The summed E-state index contributed by atoms with van der Waals surface area (Å²) in [6.45, 7) is 0.254. The number of hydrogen-bond donors (Lipinski definition) is 1. The first-order chi connectivity index (χ1) is 15.6. The largest absolute Gasteiger partial charge is 0.486 e. The van der Waals surface area contributed by atoms with Gasteiger partial charge in [-0.25, -0.2) is 0 Å². The molecule has 0 aliphatic heterocycles. The van der Waals surface area contributed by atoms with Crippen molar-refractivity contribution in [1.82, 2.24) is 14.8 Å². The van der Waals surface area contributed by atoms with E-state index in [4.69, 9.17) is 4.74 Å². The van der Waals surface area contributed by atoms with Crippen LogP contribution in [-0.4, -0.2) is 26.4 Å². The van der Waals surface area contributed by atoms with Crippen LogP contribution in [0.15, 0.2) is 93.0 Å². The van der Waals surface area contributed by atoms with Crippen molar-refractivity contribution >= 4 is 55.2 Å². The molecule has 0 bridgehead atoms. The topological polar surface area (TPSA) is 69.0 Å². The summed E-state index contributed by atoms with van der Waals surface area (Å²) in [5.74, 6) is 1.45. The highest BCUT2D eigenvalue weighted by molar-refractivity contribution is 9.11. The molecule has 1 N–H and O–H groups in total. The number of anilines is 1. The number of ether oxygens (including phenoxy) is 1. The van der Waals surface area contributed by atoms with E-state index < -0.39 is 0 Å². The summed E-state index contributed by atoms with van der Waals surface area (Å²) in [6, 6.07) is 25.0. The van der Waals surface area contributed by atoms with Gasteiger partial charge in [0.25, 0.3) is 0 Å². The Hall–Kier alpha value is -2.62. The standard InChI is InChI=1S/C23H18Br2N4O2S/c24-16-11-12-19(25)20(13-16)26-22(30)15-32-23-28-27-21(14-31-18-9-5-2-6-10-18)29(23)17-7-3-1-4-8-17/h1-13H,14-15H2,(H,26,30). The average molecular weight is 574 g/mol. The van der Waals surface area contributed by atoms with E-state index in [2.05, 4.69) is 47.4 Å². The predicted octanol–water partition coefficient (Wildman–Crippen LogP) is 6.10. The minimum absolute atomic E-state index is 0.140. The van der Waals surface area contributed by atoms with Gasteiger partial charge in [0.1, 0.15) is 12.4 Å². The highest BCUT2D eigenvalue weighted by atomic mass is 79.9. The van der Waals surface area contributed by atoms with Crippen molar-refractivity contribution in [2.75, 3.05) is 11.1 Å². The summed E-state index contributed by atoms with van der Waals surface area (Å²) in [7, 11) is 0. The Morgan fingerprint density at radius 2 is 1.69 bits per heavy atom. The highest BCUT2D eigenvalue weighted by Gasteiger charge is 2.17. The molecule has 0 spiro atoms. The summed E-state index contributed by atoms with van der Waals surface area (Å²) < 4.78 is 9.48. The van der Waals surface area contributed by atoms with Crippen molar-refractivity contribution in [2.45, 2.75) is 11.8 Å². The molecule has 1 aromatic heterocycles. The fourth-order valence-corrected chi connectivity index (χ4v) is 4.38. The van der Waals surface area contributed by atoms with Crippen molar-refractivity contribution < 1.29 is 9.53 Å². The zero-order chi connectivity index (χ0) is 22.3. The van der Waals surface area contributed by atoms with Crippen molar-refractivity contribution in [3.63, 3.8) is 0 Å². The van der Waals surface area contributed by atoms with E-state index >= 15 is 0 Å². The van der Waals surface area contributed by atoms with Crippen LogP contribution >= 0.6 is 43.6 Å². The van der Waals surface area contributed by atoms with Gasteiger partial charge < -0.3 is 10.1 Å². The number of halogens is 2. The van der Waals surface area contributed by atoms with Gasteiger partial charge in [-0.1, -0.05) is 64.1 Å². The van der Waals surface area contributed by atoms with Gasteiger partial charge in [-0.05, 0) is 58.4 Å². The van der Waals surface area contributed by atoms with E-state index in [9.17, 15) is 4.79 Å². The lowest BCUT2D eigenvalue weighted by atomic mass is 10.3. The summed E-state index contributed by atoms with van der Waals surface area (Å²) in [6.07, 6.45) is 0. The summed E-state index contributed by atoms with van der Waals surface area (Å²) in [4.78, 5) is 12.6. The van der Waals surface area contributed by atoms with E-state index in [1.54, 1.807) is 0 Å². The number of nitrogens with zero attached hydrogens (tertiary/aromatic N) is 3. The lowest BCUT2D eigenvalue weighted by molar-refractivity contribution is -0.113. The van der Waals surface area contributed by atoms with Crippen LogP contribution < -0.4 is 10.1 Å². The number of benzene rings is 3. The molecule has 32 heavy (non-hydrogen) atoms. The Bertz CT molecular complexity index is 1200. The van der Waals surface area contributed by atoms with Gasteiger partial charge in [-0.2, -0.15) is 0 Å². The van der Waals surface area contributed by atoms with Gasteiger partial charge in [0, 0.05) is 14.6 Å². The fourth-order valence-electron chi connectivity index (χ4n) is 2.90. The van der Waals surface area contributed by atoms with E-state index in [0.717, 1.165) is 20.4 Å². The Morgan fingerprint density at radius 3 is 2.44 bits per heavy atom. The Morgan fingerprint density at radius 1 is 0.969 bits per heavy atom. The highest BCUT2D eigenvalue weighted by Crippen LogP contribution is 2.27. The zero-order valence-corrected chi connectivity index (χ0v) is 20.7. The first-order valence-corrected chi connectivity index (χ1v) is 12.2. The van der Waals surface area contributed by atoms with Crippen LogP contribution in [0.5, 0.6) is 5.75 Å². The third-order valence-electron chi connectivity index (χ3n) is 4.36. The first-order valence-electron chi connectivity index (χ1n) is 9.65. The number of carbonyl (C=O) groups excluding carboxylic acids is 1. The minimum Gasteiger partial charge on any atom is -0.486 e. The first kappa shape index (κ1) is 22.6. The number of thioether (sulfide) groups is 1. The maximum Gasteiger partial charge on any atom is 0.234 e. The third kappa shape index (κ3) is 5.79. The van der Waals surface area contributed by atoms with Gasteiger partial charge >= 0.3 is 0 Å². The maximum atomic E-state index is 12.6. The molecule has 162 valence electrons. The molecule has 1 heterocycles. The Labute approximate surface area is 206 Å². The second kappa shape index (κ2) is 10.8. The normalized spacial score (nSPS) is 10.7. The van der Waals surface area contributed by atoms with Crippen LogP contribution in [0.2, 0.25) is 0 Å². The molecule has 4 aromatic rings. The van der Waals surface area contributed by atoms with Crippen molar-refractivity contribution in [3.8, 4) is 11.4 Å².